The summed E-state index contributed by atoms with van der Waals surface area (Å²) in [4.78, 5) is 47.4. The molecule has 0 aromatic rings. The van der Waals surface area contributed by atoms with Gasteiger partial charge in [0.15, 0.2) is 0 Å². The van der Waals surface area contributed by atoms with Gasteiger partial charge in [-0.1, -0.05) is 20.3 Å². The maximum absolute atomic E-state index is 12.5. The van der Waals surface area contributed by atoms with Crippen molar-refractivity contribution in [3.05, 3.63) is 0 Å². The topological polar surface area (TPSA) is 191 Å². The molecule has 3 amide bonds. The van der Waals surface area contributed by atoms with Crippen LogP contribution in [0.4, 0.5) is 0 Å². The highest BCUT2D eigenvalue weighted by Gasteiger charge is 2.32. The zero-order valence-corrected chi connectivity index (χ0v) is 15.9. The molecule has 11 nitrogen and oxygen atoms in total. The Hall–Kier alpha value is -2.24. The molecule has 0 fully saturated rings. The first-order valence-electron chi connectivity index (χ1n) is 8.64. The highest BCUT2D eigenvalue weighted by Crippen LogP contribution is 2.09. The molecule has 0 aliphatic heterocycles. The van der Waals surface area contributed by atoms with Crippen molar-refractivity contribution in [3.63, 3.8) is 0 Å². The van der Waals surface area contributed by atoms with Crippen LogP contribution in [-0.2, 0) is 19.2 Å². The SMILES string of the molecule is CCC(C)C(NC(=O)C(N)C(C)O)C(=O)NC(CO)C(=O)NC(C)C(=O)O. The van der Waals surface area contributed by atoms with Crippen LogP contribution in [-0.4, -0.2) is 75.9 Å². The van der Waals surface area contributed by atoms with Crippen molar-refractivity contribution in [2.24, 2.45) is 11.7 Å². The average molecular weight is 390 g/mol. The van der Waals surface area contributed by atoms with E-state index < -0.39 is 60.6 Å². The minimum absolute atomic E-state index is 0.338. The fourth-order valence-electron chi connectivity index (χ4n) is 2.00. The van der Waals surface area contributed by atoms with Crippen LogP contribution in [0.2, 0.25) is 0 Å². The molecule has 27 heavy (non-hydrogen) atoms. The van der Waals surface area contributed by atoms with Crippen LogP contribution in [0.3, 0.4) is 0 Å². The first-order valence-corrected chi connectivity index (χ1v) is 8.64. The first kappa shape index (κ1) is 24.8. The van der Waals surface area contributed by atoms with Crippen molar-refractivity contribution in [3.8, 4) is 0 Å². The highest BCUT2D eigenvalue weighted by molar-refractivity contribution is 5.94. The smallest absolute Gasteiger partial charge is 0.325 e. The average Bonchev–Trinajstić information content (AvgIpc) is 2.61. The van der Waals surface area contributed by atoms with Gasteiger partial charge in [0.2, 0.25) is 17.7 Å². The Labute approximate surface area is 157 Å². The second-order valence-electron chi connectivity index (χ2n) is 6.45. The fraction of sp³-hybridized carbons (Fsp3) is 0.750. The number of hydrogen-bond acceptors (Lipinski definition) is 7. The van der Waals surface area contributed by atoms with Crippen LogP contribution in [0.5, 0.6) is 0 Å². The van der Waals surface area contributed by atoms with E-state index in [1.54, 1.807) is 13.8 Å². The van der Waals surface area contributed by atoms with Crippen LogP contribution in [0, 0.1) is 5.92 Å². The predicted molar refractivity (Wildman–Crippen MR) is 95.3 cm³/mol. The van der Waals surface area contributed by atoms with Gasteiger partial charge in [-0.15, -0.1) is 0 Å². The molecule has 0 heterocycles. The highest BCUT2D eigenvalue weighted by atomic mass is 16.4. The number of aliphatic carboxylic acids is 1. The molecular formula is C16H30N4O7. The monoisotopic (exact) mass is 390 g/mol. The third kappa shape index (κ3) is 7.89. The lowest BCUT2D eigenvalue weighted by atomic mass is 9.97. The molecule has 0 rings (SSSR count). The number of nitrogens with two attached hydrogens (primary N) is 1. The molecule has 0 bridgehead atoms. The van der Waals surface area contributed by atoms with E-state index in [2.05, 4.69) is 16.0 Å². The Morgan fingerprint density at radius 3 is 1.93 bits per heavy atom. The Balaban J connectivity index is 5.18. The van der Waals surface area contributed by atoms with Crippen molar-refractivity contribution in [2.75, 3.05) is 6.61 Å². The van der Waals surface area contributed by atoms with E-state index in [9.17, 15) is 29.4 Å². The second-order valence-corrected chi connectivity index (χ2v) is 6.45. The van der Waals surface area contributed by atoms with Crippen LogP contribution in [0.15, 0.2) is 0 Å². The maximum Gasteiger partial charge on any atom is 0.325 e. The minimum atomic E-state index is -1.40. The van der Waals surface area contributed by atoms with Crippen molar-refractivity contribution in [2.45, 2.75) is 64.4 Å². The van der Waals surface area contributed by atoms with Gasteiger partial charge in [-0.05, 0) is 19.8 Å². The van der Waals surface area contributed by atoms with Gasteiger partial charge in [-0.3, -0.25) is 19.2 Å². The van der Waals surface area contributed by atoms with E-state index in [1.807, 2.05) is 0 Å². The summed E-state index contributed by atoms with van der Waals surface area (Å²) in [5.41, 5.74) is 5.56. The number of carbonyl (C=O) groups excluding carboxylic acids is 3. The van der Waals surface area contributed by atoms with Crippen LogP contribution in [0.1, 0.15) is 34.1 Å². The van der Waals surface area contributed by atoms with Gasteiger partial charge in [-0.2, -0.15) is 0 Å². The summed E-state index contributed by atoms with van der Waals surface area (Å²) in [6.07, 6.45) is -0.618. The summed E-state index contributed by atoms with van der Waals surface area (Å²) in [5, 5.41) is 34.4. The fourth-order valence-corrected chi connectivity index (χ4v) is 2.00. The van der Waals surface area contributed by atoms with Crippen molar-refractivity contribution >= 4 is 23.7 Å². The molecule has 11 heteroatoms. The molecule has 6 atom stereocenters. The summed E-state index contributed by atoms with van der Waals surface area (Å²) in [6, 6.07) is -4.91. The number of carbonyl (C=O) groups is 4. The van der Waals surface area contributed by atoms with E-state index in [0.29, 0.717) is 6.42 Å². The summed E-state index contributed by atoms with van der Waals surface area (Å²) in [5.74, 6) is -3.98. The number of carboxylic acid groups (broad SMARTS) is 1. The minimum Gasteiger partial charge on any atom is -0.480 e. The van der Waals surface area contributed by atoms with Gasteiger partial charge in [0.05, 0.1) is 12.7 Å². The normalized spacial score (nSPS) is 17.6. The molecule has 0 spiro atoms. The van der Waals surface area contributed by atoms with Crippen LogP contribution >= 0.6 is 0 Å². The number of aliphatic hydroxyl groups excluding tert-OH is 2. The molecule has 6 unspecified atom stereocenters. The standard InChI is InChI=1S/C16H30N4O7/c1-5-7(2)12(20-14(24)11(17)9(4)22)15(25)19-10(6-21)13(23)18-8(3)16(26)27/h7-12,21-22H,5-6,17H2,1-4H3,(H,18,23)(H,19,25)(H,20,24)(H,26,27). The molecule has 0 saturated carbocycles. The van der Waals surface area contributed by atoms with Gasteiger partial charge in [0.1, 0.15) is 24.2 Å². The van der Waals surface area contributed by atoms with E-state index in [-0.39, 0.29) is 5.92 Å². The molecule has 0 aromatic carbocycles. The lowest BCUT2D eigenvalue weighted by molar-refractivity contribution is -0.142. The zero-order chi connectivity index (χ0) is 21.3. The van der Waals surface area contributed by atoms with Crippen LogP contribution < -0.4 is 21.7 Å². The number of carboxylic acids is 1. The van der Waals surface area contributed by atoms with E-state index in [1.165, 1.54) is 13.8 Å². The molecule has 0 radical (unpaired) electrons. The molecule has 156 valence electrons. The summed E-state index contributed by atoms with van der Waals surface area (Å²) >= 11 is 0. The quantitative estimate of drug-likeness (QED) is 0.198. The Kier molecular flexibility index (Phi) is 10.5. The first-order chi connectivity index (χ1) is 12.5. The third-order valence-corrected chi connectivity index (χ3v) is 4.16. The molecule has 0 aromatic heterocycles. The molecule has 0 saturated heterocycles. The zero-order valence-electron chi connectivity index (χ0n) is 15.9. The van der Waals surface area contributed by atoms with Gasteiger partial charge < -0.3 is 37.0 Å². The lowest BCUT2D eigenvalue weighted by Crippen LogP contribution is -2.60. The third-order valence-electron chi connectivity index (χ3n) is 4.16. The molecule has 0 aliphatic rings. The number of rotatable bonds is 11. The van der Waals surface area contributed by atoms with Gasteiger partial charge >= 0.3 is 5.97 Å². The van der Waals surface area contributed by atoms with Crippen LogP contribution in [0.25, 0.3) is 0 Å². The molecule has 8 N–H and O–H groups in total. The lowest BCUT2D eigenvalue weighted by Gasteiger charge is -2.27. The Morgan fingerprint density at radius 1 is 0.963 bits per heavy atom. The van der Waals surface area contributed by atoms with Crippen molar-refractivity contribution in [1.29, 1.82) is 0 Å². The number of nitrogens with one attached hydrogen (secondary N) is 3. The van der Waals surface area contributed by atoms with Crippen molar-refractivity contribution in [1.82, 2.24) is 16.0 Å². The predicted octanol–water partition coefficient (Wildman–Crippen LogP) is -2.71. The maximum atomic E-state index is 12.5. The summed E-state index contributed by atoms with van der Waals surface area (Å²) < 4.78 is 0. The van der Waals surface area contributed by atoms with Gasteiger partial charge in [0.25, 0.3) is 0 Å². The Bertz CT molecular complexity index is 541. The summed E-state index contributed by atoms with van der Waals surface area (Å²) in [6.45, 7) is 5.28. The Morgan fingerprint density at radius 2 is 1.52 bits per heavy atom. The number of aliphatic hydroxyl groups is 2. The number of hydrogen-bond donors (Lipinski definition) is 7. The van der Waals surface area contributed by atoms with E-state index in [0.717, 1.165) is 0 Å². The van der Waals surface area contributed by atoms with Crippen molar-refractivity contribution < 1.29 is 34.5 Å². The molecule has 0 aliphatic carbocycles. The van der Waals surface area contributed by atoms with Gasteiger partial charge in [0, 0.05) is 0 Å². The van der Waals surface area contributed by atoms with Gasteiger partial charge in [-0.25, -0.2) is 0 Å². The van der Waals surface area contributed by atoms with E-state index in [4.69, 9.17) is 10.8 Å². The largest absolute Gasteiger partial charge is 0.480 e. The summed E-state index contributed by atoms with van der Waals surface area (Å²) in [7, 11) is 0. The second kappa shape index (κ2) is 11.5. The van der Waals surface area contributed by atoms with E-state index >= 15 is 0 Å². The molecular weight excluding hydrogens is 360 g/mol. The number of amides is 3.